The Morgan fingerprint density at radius 2 is 2.33 bits per heavy atom. The monoisotopic (exact) mass is 248 g/mol. The van der Waals surface area contributed by atoms with Gasteiger partial charge < -0.3 is 15.4 Å². The van der Waals surface area contributed by atoms with E-state index in [4.69, 9.17) is 4.74 Å². The molecule has 0 spiro atoms. The van der Waals surface area contributed by atoms with E-state index >= 15 is 0 Å². The van der Waals surface area contributed by atoms with E-state index < -0.39 is 0 Å². The molecule has 2 rings (SSSR count). The van der Waals surface area contributed by atoms with Gasteiger partial charge in [-0.15, -0.1) is 0 Å². The second-order valence-corrected chi connectivity index (χ2v) is 4.82. The smallest absolute Gasteiger partial charge is 0.221 e. The zero-order chi connectivity index (χ0) is 13.0. The van der Waals surface area contributed by atoms with Crippen LogP contribution in [0.2, 0.25) is 0 Å². The Hall–Kier alpha value is -1.55. The minimum Gasteiger partial charge on any atom is -0.384 e. The van der Waals surface area contributed by atoms with Gasteiger partial charge in [0.2, 0.25) is 5.91 Å². The van der Waals surface area contributed by atoms with Crippen molar-refractivity contribution in [3.05, 3.63) is 23.8 Å². The molecule has 1 aromatic carbocycles. The summed E-state index contributed by atoms with van der Waals surface area (Å²) in [6.07, 6.45) is 1.12. The Labute approximate surface area is 108 Å². The molecule has 1 heterocycles. The molecule has 1 unspecified atom stereocenters. The summed E-state index contributed by atoms with van der Waals surface area (Å²) in [6.45, 7) is 6.22. The Balaban J connectivity index is 1.98. The molecule has 1 amide bonds. The summed E-state index contributed by atoms with van der Waals surface area (Å²) in [5, 5.41) is 6.23. The molecule has 4 nitrogen and oxygen atoms in total. The van der Waals surface area contributed by atoms with Crippen LogP contribution in [0.5, 0.6) is 0 Å². The fourth-order valence-electron chi connectivity index (χ4n) is 2.09. The maximum absolute atomic E-state index is 11.0. The number of aryl methyl sites for hydroxylation is 1. The van der Waals surface area contributed by atoms with Crippen LogP contribution in [0, 0.1) is 12.8 Å². The third-order valence-electron chi connectivity index (χ3n) is 3.16. The molecule has 0 radical (unpaired) electrons. The van der Waals surface area contributed by atoms with E-state index in [1.54, 1.807) is 0 Å². The maximum Gasteiger partial charge on any atom is 0.221 e. The first-order valence-corrected chi connectivity index (χ1v) is 6.35. The summed E-state index contributed by atoms with van der Waals surface area (Å²) in [5.41, 5.74) is 3.09. The first-order chi connectivity index (χ1) is 8.65. The number of hydrogen-bond acceptors (Lipinski definition) is 3. The summed E-state index contributed by atoms with van der Waals surface area (Å²) >= 11 is 0. The second kappa shape index (κ2) is 5.87. The van der Waals surface area contributed by atoms with Crippen molar-refractivity contribution >= 4 is 17.3 Å². The number of ether oxygens (including phenoxy) is 1. The van der Waals surface area contributed by atoms with Crippen LogP contribution in [-0.2, 0) is 9.53 Å². The third-order valence-corrected chi connectivity index (χ3v) is 3.16. The molecule has 98 valence electrons. The zero-order valence-electron chi connectivity index (χ0n) is 11.0. The minimum absolute atomic E-state index is 0.0472. The van der Waals surface area contributed by atoms with Gasteiger partial charge in [-0.3, -0.25) is 4.79 Å². The summed E-state index contributed by atoms with van der Waals surface area (Å²) in [5.74, 6) is 0.544. The highest BCUT2D eigenvalue weighted by molar-refractivity contribution is 5.89. The summed E-state index contributed by atoms with van der Waals surface area (Å²) in [6, 6.07) is 5.91. The van der Waals surface area contributed by atoms with Crippen LogP contribution in [0.3, 0.4) is 0 Å². The van der Waals surface area contributed by atoms with Crippen molar-refractivity contribution < 1.29 is 9.53 Å². The number of carbonyl (C=O) groups is 1. The molecular formula is C14H20N2O2. The van der Waals surface area contributed by atoms with Crippen molar-refractivity contribution in [1.82, 2.24) is 0 Å². The molecule has 1 atom stereocenters. The molecule has 2 N–H and O–H groups in total. The number of anilines is 2. The lowest BCUT2D eigenvalue weighted by atomic mass is 10.1. The van der Waals surface area contributed by atoms with Gasteiger partial charge in [-0.1, -0.05) is 6.07 Å². The molecule has 18 heavy (non-hydrogen) atoms. The van der Waals surface area contributed by atoms with E-state index in [1.165, 1.54) is 12.5 Å². The van der Waals surface area contributed by atoms with Crippen LogP contribution in [0.15, 0.2) is 18.2 Å². The van der Waals surface area contributed by atoms with E-state index in [0.717, 1.165) is 37.6 Å². The van der Waals surface area contributed by atoms with E-state index in [2.05, 4.69) is 17.6 Å². The predicted octanol–water partition coefficient (Wildman–Crippen LogP) is 2.40. The normalized spacial score (nSPS) is 18.7. The van der Waals surface area contributed by atoms with Crippen LogP contribution in [0.4, 0.5) is 11.4 Å². The molecular weight excluding hydrogens is 228 g/mol. The van der Waals surface area contributed by atoms with Gasteiger partial charge in [-0.05, 0) is 31.0 Å². The van der Waals surface area contributed by atoms with Crippen LogP contribution in [0.25, 0.3) is 0 Å². The number of amides is 1. The van der Waals surface area contributed by atoms with Crippen LogP contribution >= 0.6 is 0 Å². The van der Waals surface area contributed by atoms with Gasteiger partial charge in [0.15, 0.2) is 0 Å². The quantitative estimate of drug-likeness (QED) is 0.860. The van der Waals surface area contributed by atoms with Crippen molar-refractivity contribution in [2.24, 2.45) is 5.92 Å². The topological polar surface area (TPSA) is 50.4 Å². The fraction of sp³-hybridized carbons (Fsp3) is 0.500. The molecule has 1 aliphatic rings. The van der Waals surface area contributed by atoms with Gasteiger partial charge in [-0.25, -0.2) is 0 Å². The Kier molecular flexibility index (Phi) is 4.20. The van der Waals surface area contributed by atoms with Gasteiger partial charge in [0.1, 0.15) is 0 Å². The molecule has 0 bridgehead atoms. The third kappa shape index (κ3) is 3.47. The van der Waals surface area contributed by atoms with Gasteiger partial charge in [0, 0.05) is 37.4 Å². The van der Waals surface area contributed by atoms with Crippen LogP contribution in [-0.4, -0.2) is 25.7 Å². The highest BCUT2D eigenvalue weighted by Crippen LogP contribution is 2.21. The highest BCUT2D eigenvalue weighted by Gasteiger charge is 2.15. The zero-order valence-corrected chi connectivity index (χ0v) is 11.0. The lowest BCUT2D eigenvalue weighted by molar-refractivity contribution is -0.114. The lowest BCUT2D eigenvalue weighted by Crippen LogP contribution is -2.15. The minimum atomic E-state index is -0.0472. The largest absolute Gasteiger partial charge is 0.384 e. The summed E-state index contributed by atoms with van der Waals surface area (Å²) in [7, 11) is 0. The van der Waals surface area contributed by atoms with Gasteiger partial charge in [0.25, 0.3) is 0 Å². The molecule has 0 aliphatic carbocycles. The molecule has 0 saturated carbocycles. The standard InChI is InChI=1S/C14H20N2O2/c1-10-3-4-13(16-11(2)17)7-14(10)15-8-12-5-6-18-9-12/h3-4,7,12,15H,5-6,8-9H2,1-2H3,(H,16,17). The first-order valence-electron chi connectivity index (χ1n) is 6.35. The van der Waals surface area contributed by atoms with Gasteiger partial charge >= 0.3 is 0 Å². The highest BCUT2D eigenvalue weighted by atomic mass is 16.5. The van der Waals surface area contributed by atoms with E-state index in [-0.39, 0.29) is 5.91 Å². The Bertz CT molecular complexity index is 426. The summed E-state index contributed by atoms with van der Waals surface area (Å²) in [4.78, 5) is 11.0. The second-order valence-electron chi connectivity index (χ2n) is 4.82. The van der Waals surface area contributed by atoms with Crippen molar-refractivity contribution in [2.45, 2.75) is 20.3 Å². The molecule has 1 fully saturated rings. The van der Waals surface area contributed by atoms with E-state index in [0.29, 0.717) is 5.92 Å². The number of benzene rings is 1. The van der Waals surface area contributed by atoms with Gasteiger partial charge in [-0.2, -0.15) is 0 Å². The molecule has 1 aromatic rings. The van der Waals surface area contributed by atoms with Gasteiger partial charge in [0.05, 0.1) is 6.61 Å². The van der Waals surface area contributed by atoms with Crippen LogP contribution in [0.1, 0.15) is 18.9 Å². The number of rotatable bonds is 4. The molecule has 1 aliphatic heterocycles. The van der Waals surface area contributed by atoms with Crippen LogP contribution < -0.4 is 10.6 Å². The van der Waals surface area contributed by atoms with Crippen molar-refractivity contribution in [3.63, 3.8) is 0 Å². The first kappa shape index (κ1) is 12.9. The predicted molar refractivity (Wildman–Crippen MR) is 72.9 cm³/mol. The Morgan fingerprint density at radius 1 is 1.50 bits per heavy atom. The maximum atomic E-state index is 11.0. The number of carbonyl (C=O) groups excluding carboxylic acids is 1. The van der Waals surface area contributed by atoms with E-state index in [9.17, 15) is 4.79 Å². The SMILES string of the molecule is CC(=O)Nc1ccc(C)c(NCC2CCOC2)c1. The average molecular weight is 248 g/mol. The fourth-order valence-corrected chi connectivity index (χ4v) is 2.09. The number of nitrogens with one attached hydrogen (secondary N) is 2. The van der Waals surface area contributed by atoms with Crippen molar-refractivity contribution in [1.29, 1.82) is 0 Å². The Morgan fingerprint density at radius 3 is 3.00 bits per heavy atom. The molecule has 1 saturated heterocycles. The lowest BCUT2D eigenvalue weighted by Gasteiger charge is -2.14. The number of hydrogen-bond donors (Lipinski definition) is 2. The van der Waals surface area contributed by atoms with E-state index in [1.807, 2.05) is 18.2 Å². The molecule has 0 aromatic heterocycles. The molecule has 4 heteroatoms. The van der Waals surface area contributed by atoms with Crippen molar-refractivity contribution in [3.8, 4) is 0 Å². The van der Waals surface area contributed by atoms with Crippen molar-refractivity contribution in [2.75, 3.05) is 30.4 Å². The average Bonchev–Trinajstić information content (AvgIpc) is 2.82. The summed E-state index contributed by atoms with van der Waals surface area (Å²) < 4.78 is 5.36.